The smallest absolute Gasteiger partial charge is 0.171 e. The van der Waals surface area contributed by atoms with Gasteiger partial charge in [0.05, 0.1) is 0 Å². The molecule has 0 fully saturated rings. The molecule has 5 nitrogen and oxygen atoms in total. The molecule has 1 aromatic heterocycles. The van der Waals surface area contributed by atoms with Gasteiger partial charge in [0.15, 0.2) is 5.82 Å². The van der Waals surface area contributed by atoms with Crippen molar-refractivity contribution in [2.75, 3.05) is 0 Å². The van der Waals surface area contributed by atoms with E-state index in [1.54, 1.807) is 0 Å². The van der Waals surface area contributed by atoms with Crippen LogP contribution in [0.2, 0.25) is 0 Å². The Kier molecular flexibility index (Phi) is 5.14. The molecule has 0 saturated carbocycles. The summed E-state index contributed by atoms with van der Waals surface area (Å²) < 4.78 is 13.9. The van der Waals surface area contributed by atoms with Crippen molar-refractivity contribution in [3.05, 3.63) is 71.8 Å². The number of ether oxygens (including phenoxy) is 2. The summed E-state index contributed by atoms with van der Waals surface area (Å²) in [6.45, 7) is 2.00. The number of rotatable bonds is 6. The molecule has 2 aromatic carbocycles. The highest BCUT2D eigenvalue weighted by molar-refractivity contribution is 5.31. The van der Waals surface area contributed by atoms with Gasteiger partial charge in [0.25, 0.3) is 0 Å². The number of aromatic nitrogens is 3. The SMILES string of the molecule is c1ccc(COc2ccc(OCc3nnc4n3CCCCC4)cc2)cc1. The number of benzene rings is 2. The van der Waals surface area contributed by atoms with Gasteiger partial charge in [-0.2, -0.15) is 0 Å². The Morgan fingerprint density at radius 1 is 0.769 bits per heavy atom. The Bertz CT molecular complexity index is 828. The van der Waals surface area contributed by atoms with Crippen molar-refractivity contribution in [1.82, 2.24) is 14.8 Å². The molecular formula is C21H23N3O2. The Morgan fingerprint density at radius 3 is 2.27 bits per heavy atom. The molecule has 1 aliphatic rings. The van der Waals surface area contributed by atoms with E-state index in [-0.39, 0.29) is 0 Å². The zero-order valence-corrected chi connectivity index (χ0v) is 14.8. The average molecular weight is 349 g/mol. The van der Waals surface area contributed by atoms with E-state index in [4.69, 9.17) is 9.47 Å². The Hall–Kier alpha value is -2.82. The van der Waals surface area contributed by atoms with E-state index in [1.165, 1.54) is 19.3 Å². The van der Waals surface area contributed by atoms with Crippen LogP contribution in [0, 0.1) is 0 Å². The quantitative estimate of drug-likeness (QED) is 0.670. The maximum Gasteiger partial charge on any atom is 0.171 e. The lowest BCUT2D eigenvalue weighted by Crippen LogP contribution is -2.08. The lowest BCUT2D eigenvalue weighted by atomic mass is 10.2. The first-order valence-electron chi connectivity index (χ1n) is 9.19. The van der Waals surface area contributed by atoms with Crippen molar-refractivity contribution < 1.29 is 9.47 Å². The third-order valence-corrected chi connectivity index (χ3v) is 4.63. The van der Waals surface area contributed by atoms with E-state index in [2.05, 4.69) is 26.9 Å². The molecule has 0 unspecified atom stereocenters. The fourth-order valence-electron chi connectivity index (χ4n) is 3.17. The van der Waals surface area contributed by atoms with Gasteiger partial charge in [0.1, 0.15) is 30.5 Å². The average Bonchev–Trinajstić information content (AvgIpc) is 2.92. The van der Waals surface area contributed by atoms with Gasteiger partial charge < -0.3 is 14.0 Å². The van der Waals surface area contributed by atoms with E-state index < -0.39 is 0 Å². The third kappa shape index (κ3) is 4.04. The second kappa shape index (κ2) is 8.04. The van der Waals surface area contributed by atoms with Gasteiger partial charge >= 0.3 is 0 Å². The zero-order chi connectivity index (χ0) is 17.6. The molecule has 4 rings (SSSR count). The van der Waals surface area contributed by atoms with E-state index >= 15 is 0 Å². The summed E-state index contributed by atoms with van der Waals surface area (Å²) in [6, 6.07) is 17.9. The summed E-state index contributed by atoms with van der Waals surface area (Å²) in [5, 5.41) is 8.61. The van der Waals surface area contributed by atoms with Crippen molar-refractivity contribution in [3.63, 3.8) is 0 Å². The fraction of sp³-hybridized carbons (Fsp3) is 0.333. The van der Waals surface area contributed by atoms with Crippen molar-refractivity contribution in [1.29, 1.82) is 0 Å². The second-order valence-electron chi connectivity index (χ2n) is 6.53. The number of fused-ring (bicyclic) bond motifs is 1. The van der Waals surface area contributed by atoms with Crippen LogP contribution in [0.3, 0.4) is 0 Å². The lowest BCUT2D eigenvalue weighted by Gasteiger charge is -2.10. The normalized spacial score (nSPS) is 13.7. The molecule has 0 atom stereocenters. The molecular weight excluding hydrogens is 326 g/mol. The second-order valence-corrected chi connectivity index (χ2v) is 6.53. The van der Waals surface area contributed by atoms with Crippen LogP contribution in [-0.2, 0) is 26.2 Å². The summed E-state index contributed by atoms with van der Waals surface area (Å²) in [7, 11) is 0. The summed E-state index contributed by atoms with van der Waals surface area (Å²) in [5.41, 5.74) is 1.15. The van der Waals surface area contributed by atoms with Gasteiger partial charge in [-0.15, -0.1) is 10.2 Å². The van der Waals surface area contributed by atoms with E-state index in [0.717, 1.165) is 41.7 Å². The molecule has 5 heteroatoms. The van der Waals surface area contributed by atoms with Crippen LogP contribution in [0.4, 0.5) is 0 Å². The van der Waals surface area contributed by atoms with Crippen LogP contribution in [0.1, 0.15) is 36.5 Å². The highest BCUT2D eigenvalue weighted by Crippen LogP contribution is 2.20. The molecule has 0 N–H and O–H groups in total. The largest absolute Gasteiger partial charge is 0.489 e. The number of nitrogens with zero attached hydrogens (tertiary/aromatic N) is 3. The number of hydrogen-bond acceptors (Lipinski definition) is 4. The Balaban J connectivity index is 1.32. The first-order chi connectivity index (χ1) is 12.9. The van der Waals surface area contributed by atoms with E-state index in [0.29, 0.717) is 13.2 Å². The van der Waals surface area contributed by atoms with Gasteiger partial charge in [0.2, 0.25) is 0 Å². The monoisotopic (exact) mass is 349 g/mol. The van der Waals surface area contributed by atoms with Crippen LogP contribution >= 0.6 is 0 Å². The highest BCUT2D eigenvalue weighted by Gasteiger charge is 2.14. The molecule has 0 amide bonds. The minimum absolute atomic E-state index is 0.442. The van der Waals surface area contributed by atoms with Crippen molar-refractivity contribution in [2.45, 2.75) is 45.4 Å². The first kappa shape index (κ1) is 16.6. The zero-order valence-electron chi connectivity index (χ0n) is 14.8. The molecule has 0 aliphatic carbocycles. The van der Waals surface area contributed by atoms with Crippen LogP contribution < -0.4 is 9.47 Å². The van der Waals surface area contributed by atoms with Gasteiger partial charge in [-0.25, -0.2) is 0 Å². The van der Waals surface area contributed by atoms with Crippen molar-refractivity contribution >= 4 is 0 Å². The molecule has 0 spiro atoms. The maximum atomic E-state index is 5.90. The van der Waals surface area contributed by atoms with Crippen molar-refractivity contribution in [2.24, 2.45) is 0 Å². The van der Waals surface area contributed by atoms with E-state index in [9.17, 15) is 0 Å². The van der Waals surface area contributed by atoms with Crippen LogP contribution in [0.5, 0.6) is 11.5 Å². The van der Waals surface area contributed by atoms with Gasteiger partial charge in [-0.1, -0.05) is 36.8 Å². The highest BCUT2D eigenvalue weighted by atomic mass is 16.5. The standard InChI is InChI=1S/C21H23N3O2/c1-3-7-17(8-4-1)15-25-18-10-12-19(13-11-18)26-16-21-23-22-20-9-5-2-6-14-24(20)21/h1,3-4,7-8,10-13H,2,5-6,9,14-16H2. The van der Waals surface area contributed by atoms with Gasteiger partial charge in [0, 0.05) is 13.0 Å². The molecule has 0 bridgehead atoms. The molecule has 3 aromatic rings. The number of hydrogen-bond donors (Lipinski definition) is 0. The van der Waals surface area contributed by atoms with E-state index in [1.807, 2.05) is 42.5 Å². The Morgan fingerprint density at radius 2 is 1.50 bits per heavy atom. The van der Waals surface area contributed by atoms with Crippen LogP contribution in [-0.4, -0.2) is 14.8 Å². The first-order valence-corrected chi connectivity index (χ1v) is 9.19. The molecule has 2 heterocycles. The van der Waals surface area contributed by atoms with Crippen LogP contribution in [0.25, 0.3) is 0 Å². The predicted octanol–water partition coefficient (Wildman–Crippen LogP) is 4.16. The molecule has 0 radical (unpaired) electrons. The van der Waals surface area contributed by atoms with Gasteiger partial charge in [-0.3, -0.25) is 0 Å². The third-order valence-electron chi connectivity index (χ3n) is 4.63. The topological polar surface area (TPSA) is 49.2 Å². The maximum absolute atomic E-state index is 5.90. The Labute approximate surface area is 153 Å². The van der Waals surface area contributed by atoms with Crippen molar-refractivity contribution in [3.8, 4) is 11.5 Å². The summed E-state index contributed by atoms with van der Waals surface area (Å²) in [6.07, 6.45) is 4.66. The molecule has 134 valence electrons. The summed E-state index contributed by atoms with van der Waals surface area (Å²) in [4.78, 5) is 0. The minimum Gasteiger partial charge on any atom is -0.489 e. The molecule has 0 saturated heterocycles. The fourth-order valence-corrected chi connectivity index (χ4v) is 3.17. The van der Waals surface area contributed by atoms with Crippen LogP contribution in [0.15, 0.2) is 54.6 Å². The predicted molar refractivity (Wildman–Crippen MR) is 99.1 cm³/mol. The minimum atomic E-state index is 0.442. The molecule has 26 heavy (non-hydrogen) atoms. The number of aryl methyl sites for hydroxylation is 1. The van der Waals surface area contributed by atoms with Gasteiger partial charge in [-0.05, 0) is 42.7 Å². The summed E-state index contributed by atoms with van der Waals surface area (Å²) in [5.74, 6) is 3.64. The lowest BCUT2D eigenvalue weighted by molar-refractivity contribution is 0.285. The summed E-state index contributed by atoms with van der Waals surface area (Å²) >= 11 is 0. The molecule has 1 aliphatic heterocycles.